The quantitative estimate of drug-likeness (QED) is 0.784. The minimum absolute atomic E-state index is 0.338. The molecular formula is C15H20FNO2. The second-order valence-electron chi connectivity index (χ2n) is 4.96. The van der Waals surface area contributed by atoms with E-state index in [1.165, 1.54) is 19.6 Å². The highest BCUT2D eigenvalue weighted by Crippen LogP contribution is 2.23. The van der Waals surface area contributed by atoms with Crippen LogP contribution in [0.4, 0.5) is 4.39 Å². The first-order valence-corrected chi connectivity index (χ1v) is 6.77. The number of rotatable bonds is 4. The lowest BCUT2D eigenvalue weighted by atomic mass is 9.97. The van der Waals surface area contributed by atoms with E-state index >= 15 is 0 Å². The number of piperidine rings is 1. The average molecular weight is 265 g/mol. The highest BCUT2D eigenvalue weighted by Gasteiger charge is 2.27. The molecule has 1 aliphatic heterocycles. The molecule has 0 spiro atoms. The third-order valence-corrected chi connectivity index (χ3v) is 3.66. The number of benzene rings is 1. The Labute approximate surface area is 113 Å². The number of carbonyl (C=O) groups excluding carboxylic acids is 1. The summed E-state index contributed by atoms with van der Waals surface area (Å²) in [6.45, 7) is 2.48. The monoisotopic (exact) mass is 265 g/mol. The summed E-state index contributed by atoms with van der Waals surface area (Å²) in [6, 6.07) is 6.45. The topological polar surface area (TPSA) is 29.5 Å². The third-order valence-electron chi connectivity index (χ3n) is 3.66. The van der Waals surface area contributed by atoms with Gasteiger partial charge in [-0.15, -0.1) is 0 Å². The van der Waals surface area contributed by atoms with Gasteiger partial charge in [0.25, 0.3) is 0 Å². The molecule has 1 aromatic rings. The van der Waals surface area contributed by atoms with Crippen molar-refractivity contribution >= 4 is 5.97 Å². The van der Waals surface area contributed by atoms with E-state index in [0.29, 0.717) is 12.1 Å². The third kappa shape index (κ3) is 3.53. The molecule has 19 heavy (non-hydrogen) atoms. The fourth-order valence-corrected chi connectivity index (χ4v) is 2.60. The normalized spacial score (nSPS) is 18.0. The number of methoxy groups -OCH3 is 1. The Morgan fingerprint density at radius 1 is 1.32 bits per heavy atom. The van der Waals surface area contributed by atoms with Gasteiger partial charge in [0, 0.05) is 12.1 Å². The smallest absolute Gasteiger partial charge is 0.314 e. The summed E-state index contributed by atoms with van der Waals surface area (Å²) in [6.07, 6.45) is 3.52. The number of halogens is 1. The molecular weight excluding hydrogens is 245 g/mol. The van der Waals surface area contributed by atoms with Crippen LogP contribution in [-0.4, -0.2) is 37.6 Å². The molecule has 3 nitrogen and oxygen atoms in total. The highest BCUT2D eigenvalue weighted by molar-refractivity contribution is 5.78. The van der Waals surface area contributed by atoms with Gasteiger partial charge in [-0.3, -0.25) is 4.79 Å². The van der Waals surface area contributed by atoms with Crippen molar-refractivity contribution in [3.8, 4) is 0 Å². The Bertz CT molecular complexity index is 430. The van der Waals surface area contributed by atoms with E-state index in [4.69, 9.17) is 4.74 Å². The lowest BCUT2D eigenvalue weighted by Crippen LogP contribution is -2.36. The van der Waals surface area contributed by atoms with Crippen LogP contribution in [0.3, 0.4) is 0 Å². The van der Waals surface area contributed by atoms with Crippen molar-refractivity contribution in [3.05, 3.63) is 35.6 Å². The molecule has 1 aliphatic rings. The largest absolute Gasteiger partial charge is 0.469 e. The summed E-state index contributed by atoms with van der Waals surface area (Å²) in [5.41, 5.74) is 0.430. The summed E-state index contributed by atoms with van der Waals surface area (Å²) in [5.74, 6) is -1.24. The molecule has 1 fully saturated rings. The Balaban J connectivity index is 2.16. The summed E-state index contributed by atoms with van der Waals surface area (Å²) in [4.78, 5) is 14.1. The van der Waals surface area contributed by atoms with Crippen molar-refractivity contribution < 1.29 is 13.9 Å². The first-order chi connectivity index (χ1) is 9.22. The molecule has 1 atom stereocenters. The van der Waals surface area contributed by atoms with E-state index in [2.05, 4.69) is 4.90 Å². The molecule has 0 bridgehead atoms. The minimum atomic E-state index is -0.538. The van der Waals surface area contributed by atoms with E-state index in [1.807, 2.05) is 0 Å². The average Bonchev–Trinajstić information content (AvgIpc) is 2.46. The zero-order valence-electron chi connectivity index (χ0n) is 11.3. The van der Waals surface area contributed by atoms with Crippen LogP contribution in [0.25, 0.3) is 0 Å². The van der Waals surface area contributed by atoms with E-state index in [-0.39, 0.29) is 11.8 Å². The number of hydrogen-bond donors (Lipinski definition) is 0. The highest BCUT2D eigenvalue weighted by atomic mass is 19.1. The van der Waals surface area contributed by atoms with Gasteiger partial charge in [-0.25, -0.2) is 4.39 Å². The van der Waals surface area contributed by atoms with Gasteiger partial charge in [-0.05, 0) is 32.0 Å². The zero-order chi connectivity index (χ0) is 13.7. The molecule has 1 aromatic carbocycles. The van der Waals surface area contributed by atoms with E-state index < -0.39 is 5.92 Å². The van der Waals surface area contributed by atoms with Gasteiger partial charge >= 0.3 is 5.97 Å². The maximum absolute atomic E-state index is 13.9. The van der Waals surface area contributed by atoms with Gasteiger partial charge in [0.2, 0.25) is 0 Å². The van der Waals surface area contributed by atoms with Crippen molar-refractivity contribution in [2.24, 2.45) is 0 Å². The number of likely N-dealkylation sites (tertiary alicyclic amines) is 1. The van der Waals surface area contributed by atoms with Gasteiger partial charge in [-0.1, -0.05) is 24.6 Å². The molecule has 0 N–H and O–H groups in total. The van der Waals surface area contributed by atoms with Crippen LogP contribution in [0.2, 0.25) is 0 Å². The molecule has 0 saturated carbocycles. The first-order valence-electron chi connectivity index (χ1n) is 6.77. The second-order valence-corrected chi connectivity index (χ2v) is 4.96. The molecule has 104 valence electrons. The second kappa shape index (κ2) is 6.66. The van der Waals surface area contributed by atoms with Gasteiger partial charge < -0.3 is 9.64 Å². The van der Waals surface area contributed by atoms with E-state index in [1.54, 1.807) is 18.2 Å². The molecule has 1 saturated heterocycles. The summed E-state index contributed by atoms with van der Waals surface area (Å²) in [5, 5.41) is 0. The van der Waals surface area contributed by atoms with Crippen molar-refractivity contribution in [1.82, 2.24) is 4.90 Å². The summed E-state index contributed by atoms with van der Waals surface area (Å²) >= 11 is 0. The van der Waals surface area contributed by atoms with Crippen LogP contribution in [0.5, 0.6) is 0 Å². The van der Waals surface area contributed by atoms with Crippen LogP contribution >= 0.6 is 0 Å². The summed E-state index contributed by atoms with van der Waals surface area (Å²) in [7, 11) is 1.35. The number of nitrogens with zero attached hydrogens (tertiary/aromatic N) is 1. The number of hydrogen-bond acceptors (Lipinski definition) is 3. The van der Waals surface area contributed by atoms with Gasteiger partial charge in [0.15, 0.2) is 0 Å². The van der Waals surface area contributed by atoms with Gasteiger partial charge in [0.05, 0.1) is 13.0 Å². The predicted octanol–water partition coefficient (Wildman–Crippen LogP) is 2.57. The van der Waals surface area contributed by atoms with Gasteiger partial charge in [-0.2, -0.15) is 0 Å². The molecule has 2 rings (SSSR count). The molecule has 0 aliphatic carbocycles. The Morgan fingerprint density at radius 3 is 2.63 bits per heavy atom. The number of carbonyl (C=O) groups is 1. The van der Waals surface area contributed by atoms with Crippen LogP contribution in [0.15, 0.2) is 24.3 Å². The number of esters is 1. The van der Waals surface area contributed by atoms with Crippen LogP contribution in [0, 0.1) is 5.82 Å². The lowest BCUT2D eigenvalue weighted by molar-refractivity contribution is -0.143. The molecule has 0 aromatic heterocycles. The van der Waals surface area contributed by atoms with E-state index in [0.717, 1.165) is 25.9 Å². The lowest BCUT2D eigenvalue weighted by Gasteiger charge is -2.29. The fraction of sp³-hybridized carbons (Fsp3) is 0.533. The van der Waals surface area contributed by atoms with Crippen molar-refractivity contribution in [1.29, 1.82) is 0 Å². The van der Waals surface area contributed by atoms with Gasteiger partial charge in [0.1, 0.15) is 5.82 Å². The SMILES string of the molecule is COC(=O)C(CN1CCCCC1)c1ccccc1F. The first kappa shape index (κ1) is 14.0. The standard InChI is InChI=1S/C15H20FNO2/c1-19-15(18)13(11-17-9-5-2-6-10-17)12-7-3-4-8-14(12)16/h3-4,7-8,13H,2,5-6,9-11H2,1H3. The fourth-order valence-electron chi connectivity index (χ4n) is 2.60. The molecule has 1 heterocycles. The molecule has 0 radical (unpaired) electrons. The Hall–Kier alpha value is -1.42. The maximum Gasteiger partial charge on any atom is 0.314 e. The van der Waals surface area contributed by atoms with Crippen LogP contribution in [0.1, 0.15) is 30.7 Å². The van der Waals surface area contributed by atoms with Crippen LogP contribution in [-0.2, 0) is 9.53 Å². The Morgan fingerprint density at radius 2 is 2.00 bits per heavy atom. The predicted molar refractivity (Wildman–Crippen MR) is 71.4 cm³/mol. The Kier molecular flexibility index (Phi) is 4.91. The van der Waals surface area contributed by atoms with E-state index in [9.17, 15) is 9.18 Å². The number of ether oxygens (including phenoxy) is 1. The molecule has 4 heteroatoms. The molecule has 0 amide bonds. The maximum atomic E-state index is 13.9. The minimum Gasteiger partial charge on any atom is -0.469 e. The molecule has 1 unspecified atom stereocenters. The van der Waals surface area contributed by atoms with Crippen LogP contribution < -0.4 is 0 Å². The van der Waals surface area contributed by atoms with Crippen molar-refractivity contribution in [2.75, 3.05) is 26.7 Å². The summed E-state index contributed by atoms with van der Waals surface area (Å²) < 4.78 is 18.7. The van der Waals surface area contributed by atoms with Crippen molar-refractivity contribution in [2.45, 2.75) is 25.2 Å². The van der Waals surface area contributed by atoms with Crippen molar-refractivity contribution in [3.63, 3.8) is 0 Å². The zero-order valence-corrected chi connectivity index (χ0v) is 11.3.